The Hall–Kier alpha value is -1.11. The van der Waals surface area contributed by atoms with Crippen LogP contribution in [0, 0.1) is 11.8 Å². The lowest BCUT2D eigenvalue weighted by Crippen LogP contribution is -2.30. The molecule has 0 amide bonds. The highest BCUT2D eigenvalue weighted by atomic mass is 16.1. The number of Topliss-reactive ketones (excluding diaryl/α,β-unsaturated/α-hetero) is 1. The summed E-state index contributed by atoms with van der Waals surface area (Å²) in [7, 11) is 0. The first-order chi connectivity index (χ1) is 7.14. The predicted molar refractivity (Wildman–Crippen MR) is 59.8 cm³/mol. The van der Waals surface area contributed by atoms with Crippen LogP contribution in [0.15, 0.2) is 24.3 Å². The number of carbonyl (C=O) groups excluding carboxylic acids is 1. The summed E-state index contributed by atoms with van der Waals surface area (Å²) in [5.74, 6) is 1.21. The molecular formula is C14H16O. The maximum absolute atomic E-state index is 11.8. The van der Waals surface area contributed by atoms with Crippen molar-refractivity contribution in [3.8, 4) is 0 Å². The molecule has 0 radical (unpaired) electrons. The lowest BCUT2D eigenvalue weighted by Gasteiger charge is -2.29. The molecule has 0 N–H and O–H groups in total. The van der Waals surface area contributed by atoms with E-state index in [-0.39, 0.29) is 11.3 Å². The van der Waals surface area contributed by atoms with Gasteiger partial charge in [-0.25, -0.2) is 0 Å². The number of carbonyl (C=O) groups is 1. The van der Waals surface area contributed by atoms with Crippen molar-refractivity contribution >= 4 is 5.78 Å². The van der Waals surface area contributed by atoms with E-state index in [0.717, 1.165) is 12.8 Å². The van der Waals surface area contributed by atoms with Gasteiger partial charge in [0.05, 0.1) is 0 Å². The number of benzene rings is 1. The fourth-order valence-electron chi connectivity index (χ4n) is 3.55. The van der Waals surface area contributed by atoms with E-state index in [2.05, 4.69) is 38.1 Å². The van der Waals surface area contributed by atoms with E-state index in [4.69, 9.17) is 0 Å². The van der Waals surface area contributed by atoms with Crippen LogP contribution in [-0.2, 0) is 16.6 Å². The summed E-state index contributed by atoms with van der Waals surface area (Å²) in [6, 6.07) is 8.64. The SMILES string of the molecule is C[C@H]1C(=O)C[C@@H]2Cc3ccccc3[C@@]21C. The molecular weight excluding hydrogens is 184 g/mol. The Balaban J connectivity index is 2.19. The van der Waals surface area contributed by atoms with Gasteiger partial charge in [-0.05, 0) is 23.5 Å². The minimum Gasteiger partial charge on any atom is -0.299 e. The van der Waals surface area contributed by atoms with E-state index in [1.807, 2.05) is 0 Å². The first kappa shape index (κ1) is 9.14. The molecule has 3 rings (SSSR count). The second-order valence-corrected chi connectivity index (χ2v) is 5.23. The second-order valence-electron chi connectivity index (χ2n) is 5.23. The number of rotatable bonds is 0. The maximum Gasteiger partial charge on any atom is 0.136 e. The van der Waals surface area contributed by atoms with Crippen LogP contribution in [0.1, 0.15) is 31.4 Å². The molecule has 0 unspecified atom stereocenters. The molecule has 1 heteroatoms. The summed E-state index contributed by atoms with van der Waals surface area (Å²) in [6.07, 6.45) is 1.88. The van der Waals surface area contributed by atoms with Gasteiger partial charge in [0.2, 0.25) is 0 Å². The summed E-state index contributed by atoms with van der Waals surface area (Å²) >= 11 is 0. The van der Waals surface area contributed by atoms with E-state index < -0.39 is 0 Å². The molecule has 1 nitrogen and oxygen atoms in total. The van der Waals surface area contributed by atoms with Crippen molar-refractivity contribution in [1.82, 2.24) is 0 Å². The molecule has 3 atom stereocenters. The molecule has 2 aliphatic rings. The van der Waals surface area contributed by atoms with Crippen molar-refractivity contribution in [3.05, 3.63) is 35.4 Å². The molecule has 0 heterocycles. The van der Waals surface area contributed by atoms with Crippen LogP contribution in [-0.4, -0.2) is 5.78 Å². The predicted octanol–water partition coefficient (Wildman–Crippen LogP) is 2.73. The Labute approximate surface area is 90.5 Å². The molecule has 1 aromatic carbocycles. The minimum atomic E-state index is 0.119. The molecule has 1 aromatic rings. The van der Waals surface area contributed by atoms with Crippen molar-refractivity contribution in [2.75, 3.05) is 0 Å². The van der Waals surface area contributed by atoms with Gasteiger partial charge in [-0.15, -0.1) is 0 Å². The summed E-state index contributed by atoms with van der Waals surface area (Å²) in [5.41, 5.74) is 3.01. The Morgan fingerprint density at radius 1 is 1.27 bits per heavy atom. The summed E-state index contributed by atoms with van der Waals surface area (Å²) in [5, 5.41) is 0. The third-order valence-electron chi connectivity index (χ3n) is 4.74. The molecule has 0 aromatic heterocycles. The van der Waals surface area contributed by atoms with Crippen LogP contribution in [0.5, 0.6) is 0 Å². The second kappa shape index (κ2) is 2.72. The normalized spacial score (nSPS) is 37.9. The van der Waals surface area contributed by atoms with Gasteiger partial charge in [0, 0.05) is 17.8 Å². The van der Waals surface area contributed by atoms with Gasteiger partial charge < -0.3 is 0 Å². The van der Waals surface area contributed by atoms with E-state index in [1.165, 1.54) is 11.1 Å². The van der Waals surface area contributed by atoms with E-state index in [0.29, 0.717) is 11.7 Å². The van der Waals surface area contributed by atoms with Gasteiger partial charge in [0.15, 0.2) is 0 Å². The van der Waals surface area contributed by atoms with Gasteiger partial charge in [0.1, 0.15) is 5.78 Å². The fourth-order valence-corrected chi connectivity index (χ4v) is 3.55. The Morgan fingerprint density at radius 2 is 2.00 bits per heavy atom. The molecule has 15 heavy (non-hydrogen) atoms. The molecule has 1 fully saturated rings. The van der Waals surface area contributed by atoms with Gasteiger partial charge >= 0.3 is 0 Å². The quantitative estimate of drug-likeness (QED) is 0.629. The van der Waals surface area contributed by atoms with Crippen LogP contribution in [0.25, 0.3) is 0 Å². The minimum absolute atomic E-state index is 0.119. The molecule has 0 saturated heterocycles. The average Bonchev–Trinajstić information content (AvgIpc) is 2.63. The average molecular weight is 200 g/mol. The van der Waals surface area contributed by atoms with Crippen LogP contribution in [0.2, 0.25) is 0 Å². The first-order valence-electron chi connectivity index (χ1n) is 5.75. The molecule has 2 aliphatic carbocycles. The monoisotopic (exact) mass is 200 g/mol. The largest absolute Gasteiger partial charge is 0.299 e. The maximum atomic E-state index is 11.8. The zero-order valence-corrected chi connectivity index (χ0v) is 9.29. The van der Waals surface area contributed by atoms with Crippen LogP contribution < -0.4 is 0 Å². The molecule has 0 spiro atoms. The topological polar surface area (TPSA) is 17.1 Å². The summed E-state index contributed by atoms with van der Waals surface area (Å²) in [4.78, 5) is 11.8. The van der Waals surface area contributed by atoms with Crippen molar-refractivity contribution < 1.29 is 4.79 Å². The molecule has 0 bridgehead atoms. The van der Waals surface area contributed by atoms with Crippen LogP contribution in [0.3, 0.4) is 0 Å². The standard InChI is InChI=1S/C14H16O/c1-9-13(15)8-11-7-10-5-3-4-6-12(10)14(9,11)2/h3-6,9,11H,7-8H2,1-2H3/t9-,11-,14+/m0/s1. The number of ketones is 1. The van der Waals surface area contributed by atoms with Crippen molar-refractivity contribution in [2.24, 2.45) is 11.8 Å². The Kier molecular flexibility index (Phi) is 1.66. The Morgan fingerprint density at radius 3 is 2.80 bits per heavy atom. The smallest absolute Gasteiger partial charge is 0.136 e. The molecule has 78 valence electrons. The lowest BCUT2D eigenvalue weighted by molar-refractivity contribution is -0.121. The summed E-state index contributed by atoms with van der Waals surface area (Å²) in [6.45, 7) is 4.38. The third kappa shape index (κ3) is 0.961. The highest BCUT2D eigenvalue weighted by Gasteiger charge is 2.54. The van der Waals surface area contributed by atoms with E-state index >= 15 is 0 Å². The number of fused-ring (bicyclic) bond motifs is 3. The van der Waals surface area contributed by atoms with E-state index in [1.54, 1.807) is 0 Å². The van der Waals surface area contributed by atoms with Gasteiger partial charge in [0.25, 0.3) is 0 Å². The van der Waals surface area contributed by atoms with Gasteiger partial charge in [-0.1, -0.05) is 38.1 Å². The van der Waals surface area contributed by atoms with Crippen LogP contribution >= 0.6 is 0 Å². The zero-order valence-electron chi connectivity index (χ0n) is 9.29. The number of hydrogen-bond acceptors (Lipinski definition) is 1. The van der Waals surface area contributed by atoms with Crippen molar-refractivity contribution in [1.29, 1.82) is 0 Å². The fraction of sp³-hybridized carbons (Fsp3) is 0.500. The van der Waals surface area contributed by atoms with Gasteiger partial charge in [-0.2, -0.15) is 0 Å². The number of hydrogen-bond donors (Lipinski definition) is 0. The van der Waals surface area contributed by atoms with Crippen LogP contribution in [0.4, 0.5) is 0 Å². The highest BCUT2D eigenvalue weighted by molar-refractivity contribution is 5.86. The third-order valence-corrected chi connectivity index (χ3v) is 4.74. The van der Waals surface area contributed by atoms with E-state index in [9.17, 15) is 4.79 Å². The molecule has 1 saturated carbocycles. The molecule has 0 aliphatic heterocycles. The lowest BCUT2D eigenvalue weighted by atomic mass is 9.73. The van der Waals surface area contributed by atoms with Gasteiger partial charge in [-0.3, -0.25) is 4.79 Å². The highest BCUT2D eigenvalue weighted by Crippen LogP contribution is 2.54. The van der Waals surface area contributed by atoms with Crippen molar-refractivity contribution in [2.45, 2.75) is 32.1 Å². The Bertz CT molecular complexity index is 435. The first-order valence-corrected chi connectivity index (χ1v) is 5.75. The van der Waals surface area contributed by atoms with Crippen molar-refractivity contribution in [3.63, 3.8) is 0 Å². The summed E-state index contributed by atoms with van der Waals surface area (Å²) < 4.78 is 0. The zero-order chi connectivity index (χ0) is 10.6.